The molecule has 0 aliphatic carbocycles. The van der Waals surface area contributed by atoms with Gasteiger partial charge in [0.25, 0.3) is 5.91 Å². The van der Waals surface area contributed by atoms with E-state index in [0.717, 1.165) is 4.90 Å². The third-order valence-corrected chi connectivity index (χ3v) is 4.48. The SMILES string of the molecule is CC(C)(C)C(=O)C1=C(O)C(=O)N(c2ccccc2O)C1c1ccccc1F. The maximum Gasteiger partial charge on any atom is 0.294 e. The summed E-state index contributed by atoms with van der Waals surface area (Å²) >= 11 is 0. The minimum atomic E-state index is -1.18. The van der Waals surface area contributed by atoms with Crippen LogP contribution in [0.3, 0.4) is 0 Å². The molecule has 0 radical (unpaired) electrons. The molecule has 1 atom stereocenters. The molecule has 0 aromatic heterocycles. The van der Waals surface area contributed by atoms with Crippen molar-refractivity contribution >= 4 is 17.4 Å². The van der Waals surface area contributed by atoms with Crippen LogP contribution in [0.1, 0.15) is 32.4 Å². The van der Waals surface area contributed by atoms with Crippen LogP contribution in [0.5, 0.6) is 5.75 Å². The highest BCUT2D eigenvalue weighted by Gasteiger charge is 2.48. The Labute approximate surface area is 156 Å². The lowest BCUT2D eigenvalue weighted by Gasteiger charge is -2.29. The Morgan fingerprint density at radius 3 is 2.22 bits per heavy atom. The van der Waals surface area contributed by atoms with E-state index in [-0.39, 0.29) is 22.6 Å². The van der Waals surface area contributed by atoms with Crippen LogP contribution in [0.2, 0.25) is 0 Å². The molecule has 0 saturated heterocycles. The number of halogens is 1. The highest BCUT2D eigenvalue weighted by Crippen LogP contribution is 2.45. The summed E-state index contributed by atoms with van der Waals surface area (Å²) in [5.74, 6) is -2.91. The molecule has 5 nitrogen and oxygen atoms in total. The molecule has 3 rings (SSSR count). The monoisotopic (exact) mass is 369 g/mol. The fraction of sp³-hybridized carbons (Fsp3) is 0.238. The number of benzene rings is 2. The Morgan fingerprint density at radius 2 is 1.63 bits per heavy atom. The summed E-state index contributed by atoms with van der Waals surface area (Å²) in [7, 11) is 0. The number of anilines is 1. The Kier molecular flexibility index (Phi) is 4.51. The number of carbonyl (C=O) groups excluding carboxylic acids is 2. The van der Waals surface area contributed by atoms with Gasteiger partial charge in [0, 0.05) is 11.0 Å². The van der Waals surface area contributed by atoms with E-state index in [0.29, 0.717) is 0 Å². The van der Waals surface area contributed by atoms with Gasteiger partial charge in [-0.15, -0.1) is 0 Å². The molecule has 2 aromatic rings. The normalized spacial score (nSPS) is 17.6. The van der Waals surface area contributed by atoms with Crippen molar-refractivity contribution in [1.29, 1.82) is 0 Å². The summed E-state index contributed by atoms with van der Waals surface area (Å²) in [6.45, 7) is 4.96. The van der Waals surface area contributed by atoms with Crippen LogP contribution in [0.25, 0.3) is 0 Å². The molecule has 1 heterocycles. The summed E-state index contributed by atoms with van der Waals surface area (Å²) in [6, 6.07) is 10.6. The number of amides is 1. The number of rotatable bonds is 3. The number of ketones is 1. The molecule has 1 aliphatic heterocycles. The zero-order valence-electron chi connectivity index (χ0n) is 15.2. The highest BCUT2D eigenvalue weighted by atomic mass is 19.1. The first-order chi connectivity index (χ1) is 12.6. The molecule has 2 aromatic carbocycles. The first kappa shape index (κ1) is 18.6. The second-order valence-corrected chi connectivity index (χ2v) is 7.43. The van der Waals surface area contributed by atoms with Crippen molar-refractivity contribution in [2.24, 2.45) is 5.41 Å². The fourth-order valence-corrected chi connectivity index (χ4v) is 3.15. The smallest absolute Gasteiger partial charge is 0.294 e. The van der Waals surface area contributed by atoms with E-state index in [1.165, 1.54) is 30.3 Å². The van der Waals surface area contributed by atoms with Crippen molar-refractivity contribution < 1.29 is 24.2 Å². The summed E-state index contributed by atoms with van der Waals surface area (Å²) in [5, 5.41) is 20.7. The van der Waals surface area contributed by atoms with Crippen LogP contribution in [0.4, 0.5) is 10.1 Å². The van der Waals surface area contributed by atoms with Gasteiger partial charge in [0.2, 0.25) is 0 Å². The van der Waals surface area contributed by atoms with E-state index in [4.69, 9.17) is 0 Å². The largest absolute Gasteiger partial charge is 0.506 e. The maximum absolute atomic E-state index is 14.6. The van der Waals surface area contributed by atoms with Gasteiger partial charge in [-0.2, -0.15) is 0 Å². The van der Waals surface area contributed by atoms with E-state index >= 15 is 0 Å². The van der Waals surface area contributed by atoms with Crippen molar-refractivity contribution in [3.63, 3.8) is 0 Å². The summed E-state index contributed by atoms with van der Waals surface area (Å²) in [5.41, 5.74) is -0.937. The van der Waals surface area contributed by atoms with Gasteiger partial charge in [-0.3, -0.25) is 14.5 Å². The zero-order chi connectivity index (χ0) is 19.9. The maximum atomic E-state index is 14.6. The number of aliphatic hydroxyl groups is 1. The number of hydrogen-bond acceptors (Lipinski definition) is 4. The van der Waals surface area contributed by atoms with Crippen LogP contribution in [-0.4, -0.2) is 21.9 Å². The van der Waals surface area contributed by atoms with Gasteiger partial charge < -0.3 is 10.2 Å². The molecule has 27 heavy (non-hydrogen) atoms. The third kappa shape index (κ3) is 3.07. The first-order valence-electron chi connectivity index (χ1n) is 8.48. The summed E-state index contributed by atoms with van der Waals surface area (Å²) in [6.07, 6.45) is 0. The Hall–Kier alpha value is -3.15. The second kappa shape index (κ2) is 6.54. The van der Waals surface area contributed by atoms with E-state index in [9.17, 15) is 24.2 Å². The molecular weight excluding hydrogens is 349 g/mol. The van der Waals surface area contributed by atoms with Crippen LogP contribution >= 0.6 is 0 Å². The number of hydrogen-bond donors (Lipinski definition) is 2. The molecule has 1 aliphatic rings. The van der Waals surface area contributed by atoms with E-state index in [1.807, 2.05) is 0 Å². The van der Waals surface area contributed by atoms with Crippen molar-refractivity contribution in [1.82, 2.24) is 0 Å². The summed E-state index contributed by atoms with van der Waals surface area (Å²) < 4.78 is 14.6. The van der Waals surface area contributed by atoms with Gasteiger partial charge in [-0.25, -0.2) is 4.39 Å². The molecule has 0 bridgehead atoms. The highest BCUT2D eigenvalue weighted by molar-refractivity contribution is 6.17. The lowest BCUT2D eigenvalue weighted by Crippen LogP contribution is -2.33. The number of Topliss-reactive ketones (excluding diaryl/α,β-unsaturated/α-hetero) is 1. The average molecular weight is 369 g/mol. The molecule has 1 unspecified atom stereocenters. The number of aromatic hydroxyl groups is 1. The average Bonchev–Trinajstić information content (AvgIpc) is 2.86. The number of carbonyl (C=O) groups is 2. The van der Waals surface area contributed by atoms with Crippen molar-refractivity contribution in [3.8, 4) is 5.75 Å². The van der Waals surface area contributed by atoms with Gasteiger partial charge in [0.1, 0.15) is 11.6 Å². The molecule has 2 N–H and O–H groups in total. The predicted octanol–water partition coefficient (Wildman–Crippen LogP) is 4.05. The zero-order valence-corrected chi connectivity index (χ0v) is 15.2. The van der Waals surface area contributed by atoms with Gasteiger partial charge in [0.15, 0.2) is 11.5 Å². The Morgan fingerprint density at radius 1 is 1.04 bits per heavy atom. The molecule has 0 saturated carbocycles. The number of nitrogens with zero attached hydrogens (tertiary/aromatic N) is 1. The molecule has 0 spiro atoms. The van der Waals surface area contributed by atoms with E-state index < -0.39 is 34.7 Å². The molecular formula is C21H20FNO4. The van der Waals surface area contributed by atoms with Gasteiger partial charge in [-0.05, 0) is 18.2 Å². The van der Waals surface area contributed by atoms with Crippen LogP contribution in [-0.2, 0) is 9.59 Å². The van der Waals surface area contributed by atoms with Gasteiger partial charge in [-0.1, -0.05) is 51.1 Å². The predicted molar refractivity (Wildman–Crippen MR) is 98.9 cm³/mol. The third-order valence-electron chi connectivity index (χ3n) is 4.48. The van der Waals surface area contributed by atoms with Crippen molar-refractivity contribution in [2.75, 3.05) is 4.90 Å². The number of phenolic OH excluding ortho intramolecular Hbond substituents is 1. The van der Waals surface area contributed by atoms with Crippen molar-refractivity contribution in [2.45, 2.75) is 26.8 Å². The first-order valence-corrected chi connectivity index (χ1v) is 8.48. The minimum Gasteiger partial charge on any atom is -0.506 e. The lowest BCUT2D eigenvalue weighted by atomic mass is 9.82. The molecule has 6 heteroatoms. The fourth-order valence-electron chi connectivity index (χ4n) is 3.15. The van der Waals surface area contributed by atoms with Gasteiger partial charge in [0.05, 0.1) is 17.3 Å². The number of aliphatic hydroxyl groups excluding tert-OH is 1. The van der Waals surface area contributed by atoms with Gasteiger partial charge >= 0.3 is 0 Å². The number of para-hydroxylation sites is 2. The number of phenols is 1. The molecule has 1 amide bonds. The molecule has 140 valence electrons. The van der Waals surface area contributed by atoms with Crippen LogP contribution in [0, 0.1) is 11.2 Å². The topological polar surface area (TPSA) is 77.8 Å². The Bertz CT molecular complexity index is 959. The lowest BCUT2D eigenvalue weighted by molar-refractivity contribution is -0.123. The minimum absolute atomic E-state index is 0.0609. The van der Waals surface area contributed by atoms with Crippen LogP contribution < -0.4 is 4.90 Å². The van der Waals surface area contributed by atoms with Crippen LogP contribution in [0.15, 0.2) is 59.9 Å². The van der Waals surface area contributed by atoms with Crippen molar-refractivity contribution in [3.05, 3.63) is 71.2 Å². The second-order valence-electron chi connectivity index (χ2n) is 7.43. The molecule has 0 fully saturated rings. The van der Waals surface area contributed by atoms with E-state index in [1.54, 1.807) is 39.0 Å². The Balaban J connectivity index is 2.27. The van der Waals surface area contributed by atoms with E-state index in [2.05, 4.69) is 0 Å². The standard InChI is InChI=1S/C21H20FNO4/c1-21(2,3)19(26)16-17(12-8-4-5-9-13(12)22)23(20(27)18(16)25)14-10-6-7-11-15(14)24/h4-11,17,24-25H,1-3H3. The quantitative estimate of drug-likeness (QED) is 0.856. The summed E-state index contributed by atoms with van der Waals surface area (Å²) in [4.78, 5) is 26.9.